The molecule has 2 heterocycles. The Balaban J connectivity index is 1.82. The van der Waals surface area contributed by atoms with Crippen LogP contribution in [0.2, 0.25) is 0 Å². The van der Waals surface area contributed by atoms with Crippen LogP contribution < -0.4 is 4.90 Å². The molecule has 1 aromatic heterocycles. The van der Waals surface area contributed by atoms with Gasteiger partial charge in [-0.15, -0.1) is 0 Å². The summed E-state index contributed by atoms with van der Waals surface area (Å²) in [6, 6.07) is 12.5. The van der Waals surface area contributed by atoms with Gasteiger partial charge in [0.2, 0.25) is 0 Å². The first kappa shape index (κ1) is 22.9. The average Bonchev–Trinajstić information content (AvgIpc) is 3.46. The molecule has 6 nitrogen and oxygen atoms in total. The van der Waals surface area contributed by atoms with Crippen molar-refractivity contribution in [2.24, 2.45) is 0 Å². The predicted molar refractivity (Wildman–Crippen MR) is 129 cm³/mol. The Bertz CT molecular complexity index is 1230. The van der Waals surface area contributed by atoms with Gasteiger partial charge in [0.15, 0.2) is 15.0 Å². The number of thiazole rings is 1. The van der Waals surface area contributed by atoms with E-state index in [0.29, 0.717) is 24.2 Å². The minimum Gasteiger partial charge on any atom is -0.376 e. The molecule has 1 saturated heterocycles. The maximum Gasteiger partial charge on any atom is 0.261 e. The lowest BCUT2D eigenvalue weighted by Gasteiger charge is -2.24. The highest BCUT2D eigenvalue weighted by Gasteiger charge is 2.30. The fourth-order valence-electron chi connectivity index (χ4n) is 3.99. The van der Waals surface area contributed by atoms with Gasteiger partial charge in [-0.2, -0.15) is 0 Å². The molecule has 1 atom stereocenters. The lowest BCUT2D eigenvalue weighted by atomic mass is 10.0. The number of hydrogen-bond acceptors (Lipinski definition) is 6. The molecule has 4 rings (SSSR count). The number of ether oxygens (including phenoxy) is 1. The lowest BCUT2D eigenvalue weighted by molar-refractivity contribution is 0.0915. The van der Waals surface area contributed by atoms with Gasteiger partial charge >= 0.3 is 0 Å². The van der Waals surface area contributed by atoms with Crippen molar-refractivity contribution in [3.63, 3.8) is 0 Å². The molecular formula is C24H28N2O4S2. The highest BCUT2D eigenvalue weighted by molar-refractivity contribution is 7.91. The number of aromatic nitrogens is 1. The molecule has 170 valence electrons. The summed E-state index contributed by atoms with van der Waals surface area (Å²) in [4.78, 5) is 20.3. The standard InChI is InChI=1S/C24H28N2O4S2/c1-4-32(28,29)21-13-6-5-10-19(21)23(27)26(15-17-9-8-14-30-17)24-25-22-18(16(2)3)11-7-12-20(22)31-24/h5-7,10-13,16-17H,4,8-9,14-15H2,1-3H3. The number of nitrogens with zero attached hydrogens (tertiary/aromatic N) is 2. The van der Waals surface area contributed by atoms with Crippen molar-refractivity contribution in [3.8, 4) is 0 Å². The molecule has 32 heavy (non-hydrogen) atoms. The van der Waals surface area contributed by atoms with E-state index in [1.54, 1.807) is 30.0 Å². The molecule has 1 amide bonds. The Hall–Kier alpha value is -2.29. The number of anilines is 1. The van der Waals surface area contributed by atoms with Crippen molar-refractivity contribution < 1.29 is 17.9 Å². The highest BCUT2D eigenvalue weighted by atomic mass is 32.2. The van der Waals surface area contributed by atoms with E-state index in [4.69, 9.17) is 9.72 Å². The van der Waals surface area contributed by atoms with Gasteiger partial charge in [-0.25, -0.2) is 13.4 Å². The Morgan fingerprint density at radius 2 is 2.00 bits per heavy atom. The number of fused-ring (bicyclic) bond motifs is 1. The zero-order valence-corrected chi connectivity index (χ0v) is 20.2. The summed E-state index contributed by atoms with van der Waals surface area (Å²) < 4.78 is 32.2. The van der Waals surface area contributed by atoms with Crippen molar-refractivity contribution in [3.05, 3.63) is 53.6 Å². The monoisotopic (exact) mass is 472 g/mol. The molecular weight excluding hydrogens is 444 g/mol. The minimum absolute atomic E-state index is 0.0637. The van der Waals surface area contributed by atoms with Crippen LogP contribution in [0.1, 0.15) is 55.5 Å². The molecule has 0 radical (unpaired) electrons. The molecule has 0 bridgehead atoms. The maximum atomic E-state index is 13.8. The highest BCUT2D eigenvalue weighted by Crippen LogP contribution is 2.35. The van der Waals surface area contributed by atoms with Crippen molar-refractivity contribution in [1.82, 2.24) is 4.98 Å². The van der Waals surface area contributed by atoms with E-state index in [-0.39, 0.29) is 28.2 Å². The first-order chi connectivity index (χ1) is 15.3. The van der Waals surface area contributed by atoms with Gasteiger partial charge in [-0.3, -0.25) is 9.69 Å². The van der Waals surface area contributed by atoms with Gasteiger partial charge in [-0.05, 0) is 42.5 Å². The Labute approximate surface area is 193 Å². The SMILES string of the molecule is CCS(=O)(=O)c1ccccc1C(=O)N(CC1CCCO1)c1nc2c(C(C)C)cccc2s1. The molecule has 2 aromatic carbocycles. The van der Waals surface area contributed by atoms with Crippen LogP contribution in [0.3, 0.4) is 0 Å². The first-order valence-electron chi connectivity index (χ1n) is 11.0. The molecule has 0 aliphatic carbocycles. The Morgan fingerprint density at radius 1 is 1.22 bits per heavy atom. The van der Waals surface area contributed by atoms with Gasteiger partial charge < -0.3 is 4.74 Å². The summed E-state index contributed by atoms with van der Waals surface area (Å²) in [6.45, 7) is 6.84. The van der Waals surface area contributed by atoms with Crippen LogP contribution in [0.5, 0.6) is 0 Å². The van der Waals surface area contributed by atoms with Gasteiger partial charge in [0, 0.05) is 6.61 Å². The second kappa shape index (κ2) is 9.29. The fraction of sp³-hybridized carbons (Fsp3) is 0.417. The average molecular weight is 473 g/mol. The quantitative estimate of drug-likeness (QED) is 0.482. The summed E-state index contributed by atoms with van der Waals surface area (Å²) in [5, 5.41) is 0.567. The van der Waals surface area contributed by atoms with Gasteiger partial charge in [0.1, 0.15) is 0 Å². The fourth-order valence-corrected chi connectivity index (χ4v) is 6.09. The van der Waals surface area contributed by atoms with Crippen LogP contribution in [-0.4, -0.2) is 44.3 Å². The van der Waals surface area contributed by atoms with E-state index in [0.717, 1.165) is 28.6 Å². The molecule has 8 heteroatoms. The van der Waals surface area contributed by atoms with Crippen LogP contribution >= 0.6 is 11.3 Å². The van der Waals surface area contributed by atoms with Crippen molar-refractivity contribution >= 4 is 42.4 Å². The first-order valence-corrected chi connectivity index (χ1v) is 13.4. The maximum absolute atomic E-state index is 13.8. The summed E-state index contributed by atoms with van der Waals surface area (Å²) in [7, 11) is -3.56. The van der Waals surface area contributed by atoms with E-state index in [1.165, 1.54) is 17.4 Å². The van der Waals surface area contributed by atoms with Gasteiger partial charge in [-0.1, -0.05) is 56.4 Å². The smallest absolute Gasteiger partial charge is 0.261 e. The topological polar surface area (TPSA) is 76.6 Å². The summed E-state index contributed by atoms with van der Waals surface area (Å²) >= 11 is 1.45. The second-order valence-electron chi connectivity index (χ2n) is 8.30. The van der Waals surface area contributed by atoms with Crippen molar-refractivity contribution in [1.29, 1.82) is 0 Å². The normalized spacial score (nSPS) is 16.7. The third kappa shape index (κ3) is 4.44. The third-order valence-electron chi connectivity index (χ3n) is 5.78. The number of amides is 1. The van der Waals surface area contributed by atoms with E-state index in [1.807, 2.05) is 12.1 Å². The molecule has 3 aromatic rings. The van der Waals surface area contributed by atoms with Crippen molar-refractivity contribution in [2.75, 3.05) is 23.8 Å². The number of sulfone groups is 1. The van der Waals surface area contributed by atoms with E-state index >= 15 is 0 Å². The Kier molecular flexibility index (Phi) is 6.65. The number of carbonyl (C=O) groups excluding carboxylic acids is 1. The molecule has 1 fully saturated rings. The minimum atomic E-state index is -3.56. The zero-order chi connectivity index (χ0) is 22.9. The van der Waals surface area contributed by atoms with E-state index < -0.39 is 9.84 Å². The second-order valence-corrected chi connectivity index (χ2v) is 11.6. The van der Waals surface area contributed by atoms with Crippen LogP contribution in [-0.2, 0) is 14.6 Å². The number of benzene rings is 2. The number of carbonyl (C=O) groups is 1. The summed E-state index contributed by atoms with van der Waals surface area (Å²) in [6.07, 6.45) is 1.72. The molecule has 1 aliphatic heterocycles. The molecule has 0 spiro atoms. The van der Waals surface area contributed by atoms with Crippen LogP contribution in [0.4, 0.5) is 5.13 Å². The molecule has 0 N–H and O–H groups in total. The van der Waals surface area contributed by atoms with E-state index in [2.05, 4.69) is 19.9 Å². The summed E-state index contributed by atoms with van der Waals surface area (Å²) in [5.74, 6) is -0.133. The van der Waals surface area contributed by atoms with Crippen LogP contribution in [0.25, 0.3) is 10.2 Å². The number of para-hydroxylation sites is 1. The number of rotatable bonds is 7. The number of hydrogen-bond donors (Lipinski definition) is 0. The van der Waals surface area contributed by atoms with Gasteiger partial charge in [0.05, 0.1) is 39.1 Å². The third-order valence-corrected chi connectivity index (χ3v) is 8.61. The van der Waals surface area contributed by atoms with Gasteiger partial charge in [0.25, 0.3) is 5.91 Å². The molecule has 1 unspecified atom stereocenters. The lowest BCUT2D eigenvalue weighted by Crippen LogP contribution is -2.38. The van der Waals surface area contributed by atoms with Crippen LogP contribution in [0, 0.1) is 0 Å². The summed E-state index contributed by atoms with van der Waals surface area (Å²) in [5.41, 5.74) is 2.20. The predicted octanol–water partition coefficient (Wildman–Crippen LogP) is 5.04. The largest absolute Gasteiger partial charge is 0.376 e. The zero-order valence-electron chi connectivity index (χ0n) is 18.6. The molecule has 0 saturated carbocycles. The Morgan fingerprint density at radius 3 is 2.69 bits per heavy atom. The van der Waals surface area contributed by atoms with E-state index in [9.17, 15) is 13.2 Å². The van der Waals surface area contributed by atoms with Crippen molar-refractivity contribution in [2.45, 2.75) is 50.5 Å². The van der Waals surface area contributed by atoms with Crippen LogP contribution in [0.15, 0.2) is 47.4 Å². The molecule has 1 aliphatic rings.